The molecule has 1 saturated heterocycles. The first kappa shape index (κ1) is 12.4. The molecule has 0 spiro atoms. The average Bonchev–Trinajstić information content (AvgIpc) is 2.98. The van der Waals surface area contributed by atoms with Crippen molar-refractivity contribution in [3.05, 3.63) is 0 Å². The van der Waals surface area contributed by atoms with E-state index >= 15 is 0 Å². The Kier molecular flexibility index (Phi) is 4.01. The van der Waals surface area contributed by atoms with E-state index in [0.717, 1.165) is 51.6 Å². The third-order valence-corrected chi connectivity index (χ3v) is 3.77. The number of rotatable bonds is 4. The predicted octanol–water partition coefficient (Wildman–Crippen LogP) is 1.90. The number of amides is 1. The van der Waals surface area contributed by atoms with E-state index in [1.165, 1.54) is 0 Å². The Hall–Kier alpha value is -1.08. The molecule has 1 saturated carbocycles. The number of nitriles is 1. The molecule has 4 nitrogen and oxygen atoms in total. The molecule has 0 aromatic heterocycles. The summed E-state index contributed by atoms with van der Waals surface area (Å²) in [5, 5.41) is 12.1. The lowest BCUT2D eigenvalue weighted by molar-refractivity contribution is -0.123. The monoisotopic (exact) mass is 236 g/mol. The molecule has 2 rings (SSSR count). The summed E-state index contributed by atoms with van der Waals surface area (Å²) in [4.78, 5) is 11.8. The Morgan fingerprint density at radius 2 is 2.18 bits per heavy atom. The van der Waals surface area contributed by atoms with Crippen LogP contribution < -0.4 is 5.32 Å². The Morgan fingerprint density at radius 3 is 2.76 bits per heavy atom. The summed E-state index contributed by atoms with van der Waals surface area (Å²) < 4.78 is 5.48. The molecule has 4 heteroatoms. The molecule has 1 unspecified atom stereocenters. The van der Waals surface area contributed by atoms with E-state index in [1.807, 2.05) is 0 Å². The minimum absolute atomic E-state index is 0.00366. The van der Waals surface area contributed by atoms with Gasteiger partial charge in [0.15, 0.2) is 0 Å². The van der Waals surface area contributed by atoms with E-state index in [1.54, 1.807) is 0 Å². The zero-order valence-corrected chi connectivity index (χ0v) is 10.2. The van der Waals surface area contributed by atoms with Gasteiger partial charge < -0.3 is 10.1 Å². The van der Waals surface area contributed by atoms with E-state index in [4.69, 9.17) is 10.00 Å². The van der Waals surface area contributed by atoms with Gasteiger partial charge in [0, 0.05) is 13.0 Å². The third-order valence-electron chi connectivity index (χ3n) is 3.77. The van der Waals surface area contributed by atoms with Crippen molar-refractivity contribution in [2.75, 3.05) is 6.61 Å². The third kappa shape index (κ3) is 3.19. The van der Waals surface area contributed by atoms with Crippen molar-refractivity contribution in [3.63, 3.8) is 0 Å². The quantitative estimate of drug-likeness (QED) is 0.811. The Balaban J connectivity index is 1.74. The largest absolute Gasteiger partial charge is 0.378 e. The van der Waals surface area contributed by atoms with Gasteiger partial charge in [-0.3, -0.25) is 4.79 Å². The number of hydrogen-bond acceptors (Lipinski definition) is 3. The SMILES string of the molecule is N#CC1(NC(=O)CCC2CCCO2)CCCC1. The fraction of sp³-hybridized carbons (Fsp3) is 0.846. The second-order valence-electron chi connectivity index (χ2n) is 5.12. The van der Waals surface area contributed by atoms with Gasteiger partial charge >= 0.3 is 0 Å². The first-order valence-corrected chi connectivity index (χ1v) is 6.58. The van der Waals surface area contributed by atoms with E-state index in [-0.39, 0.29) is 12.0 Å². The van der Waals surface area contributed by atoms with Crippen molar-refractivity contribution < 1.29 is 9.53 Å². The number of carbonyl (C=O) groups excluding carboxylic acids is 1. The van der Waals surface area contributed by atoms with Crippen LogP contribution in [0, 0.1) is 11.3 Å². The first-order valence-electron chi connectivity index (χ1n) is 6.58. The van der Waals surface area contributed by atoms with Crippen molar-refractivity contribution in [1.29, 1.82) is 5.26 Å². The van der Waals surface area contributed by atoms with E-state index in [2.05, 4.69) is 11.4 Å². The average molecular weight is 236 g/mol. The Morgan fingerprint density at radius 1 is 1.41 bits per heavy atom. The van der Waals surface area contributed by atoms with Crippen LogP contribution in [-0.4, -0.2) is 24.2 Å². The second kappa shape index (κ2) is 5.50. The highest BCUT2D eigenvalue weighted by Gasteiger charge is 2.35. The number of nitrogens with zero attached hydrogens (tertiary/aromatic N) is 1. The van der Waals surface area contributed by atoms with Crippen LogP contribution in [-0.2, 0) is 9.53 Å². The molecule has 0 aromatic carbocycles. The Bertz CT molecular complexity index is 310. The van der Waals surface area contributed by atoms with Gasteiger partial charge in [0.25, 0.3) is 0 Å². The van der Waals surface area contributed by atoms with Gasteiger partial charge in [-0.25, -0.2) is 0 Å². The standard InChI is InChI=1S/C13H20N2O2/c14-10-13(7-1-2-8-13)15-12(16)6-5-11-4-3-9-17-11/h11H,1-9H2,(H,15,16). The highest BCUT2D eigenvalue weighted by Crippen LogP contribution is 2.29. The van der Waals surface area contributed by atoms with Crippen LogP contribution in [0.25, 0.3) is 0 Å². The summed E-state index contributed by atoms with van der Waals surface area (Å²) in [5.74, 6) is 0.00366. The van der Waals surface area contributed by atoms with Crippen LogP contribution in [0.3, 0.4) is 0 Å². The van der Waals surface area contributed by atoms with Gasteiger partial charge in [0.05, 0.1) is 12.2 Å². The summed E-state index contributed by atoms with van der Waals surface area (Å²) in [6.07, 6.45) is 7.37. The molecule has 94 valence electrons. The number of ether oxygens (including phenoxy) is 1. The fourth-order valence-corrected chi connectivity index (χ4v) is 2.74. The smallest absolute Gasteiger partial charge is 0.221 e. The van der Waals surface area contributed by atoms with Crippen molar-refractivity contribution in [1.82, 2.24) is 5.32 Å². The maximum absolute atomic E-state index is 11.8. The Labute approximate surface area is 102 Å². The lowest BCUT2D eigenvalue weighted by Gasteiger charge is -2.22. The first-order chi connectivity index (χ1) is 8.24. The minimum atomic E-state index is -0.576. The maximum atomic E-state index is 11.8. The molecule has 17 heavy (non-hydrogen) atoms. The zero-order valence-electron chi connectivity index (χ0n) is 10.2. The molecule has 1 amide bonds. The van der Waals surface area contributed by atoms with Crippen LogP contribution in [0.5, 0.6) is 0 Å². The summed E-state index contributed by atoms with van der Waals surface area (Å²) in [5.41, 5.74) is -0.576. The molecule has 1 heterocycles. The minimum Gasteiger partial charge on any atom is -0.378 e. The molecule has 1 N–H and O–H groups in total. The number of hydrogen-bond donors (Lipinski definition) is 1. The molecule has 0 bridgehead atoms. The van der Waals surface area contributed by atoms with Gasteiger partial charge in [-0.15, -0.1) is 0 Å². The van der Waals surface area contributed by atoms with Gasteiger partial charge in [-0.1, -0.05) is 0 Å². The highest BCUT2D eigenvalue weighted by atomic mass is 16.5. The molecule has 0 radical (unpaired) electrons. The van der Waals surface area contributed by atoms with E-state index < -0.39 is 5.54 Å². The molecule has 2 aliphatic rings. The lowest BCUT2D eigenvalue weighted by atomic mass is 9.99. The van der Waals surface area contributed by atoms with Crippen molar-refractivity contribution in [2.24, 2.45) is 0 Å². The molecule has 1 aliphatic carbocycles. The zero-order chi connectivity index (χ0) is 12.1. The summed E-state index contributed by atoms with van der Waals surface area (Å²) >= 11 is 0. The molecular formula is C13H20N2O2. The summed E-state index contributed by atoms with van der Waals surface area (Å²) in [6.45, 7) is 0.828. The van der Waals surface area contributed by atoms with Crippen molar-refractivity contribution >= 4 is 5.91 Å². The van der Waals surface area contributed by atoms with Gasteiger partial charge in [-0.05, 0) is 44.9 Å². The van der Waals surface area contributed by atoms with Gasteiger partial charge in [0.2, 0.25) is 5.91 Å². The second-order valence-corrected chi connectivity index (χ2v) is 5.12. The lowest BCUT2D eigenvalue weighted by Crippen LogP contribution is -2.45. The predicted molar refractivity (Wildman–Crippen MR) is 63.2 cm³/mol. The van der Waals surface area contributed by atoms with E-state index in [9.17, 15) is 4.79 Å². The normalized spacial score (nSPS) is 26.6. The fourth-order valence-electron chi connectivity index (χ4n) is 2.74. The van der Waals surface area contributed by atoms with Crippen molar-refractivity contribution in [3.8, 4) is 6.07 Å². The van der Waals surface area contributed by atoms with Crippen LogP contribution >= 0.6 is 0 Å². The topological polar surface area (TPSA) is 62.1 Å². The molecule has 1 atom stereocenters. The van der Waals surface area contributed by atoms with Crippen LogP contribution in [0.15, 0.2) is 0 Å². The molecule has 1 aliphatic heterocycles. The van der Waals surface area contributed by atoms with E-state index in [0.29, 0.717) is 6.42 Å². The molecule has 2 fully saturated rings. The number of nitrogens with one attached hydrogen (secondary N) is 1. The molecular weight excluding hydrogens is 216 g/mol. The highest BCUT2D eigenvalue weighted by molar-refractivity contribution is 5.77. The van der Waals surface area contributed by atoms with Crippen LogP contribution in [0.1, 0.15) is 51.4 Å². The molecule has 0 aromatic rings. The van der Waals surface area contributed by atoms with Crippen LogP contribution in [0.2, 0.25) is 0 Å². The maximum Gasteiger partial charge on any atom is 0.221 e. The summed E-state index contributed by atoms with van der Waals surface area (Å²) in [6, 6.07) is 2.27. The summed E-state index contributed by atoms with van der Waals surface area (Å²) in [7, 11) is 0. The van der Waals surface area contributed by atoms with Gasteiger partial charge in [-0.2, -0.15) is 5.26 Å². The van der Waals surface area contributed by atoms with Crippen molar-refractivity contribution in [2.45, 2.75) is 63.0 Å². The number of carbonyl (C=O) groups is 1. The van der Waals surface area contributed by atoms with Crippen LogP contribution in [0.4, 0.5) is 0 Å². The van der Waals surface area contributed by atoms with Gasteiger partial charge in [0.1, 0.15) is 5.54 Å².